The van der Waals surface area contributed by atoms with Gasteiger partial charge in [0.2, 0.25) is 0 Å². The van der Waals surface area contributed by atoms with Crippen LogP contribution in [0.25, 0.3) is 0 Å². The van der Waals surface area contributed by atoms with Crippen molar-refractivity contribution in [2.75, 3.05) is 0 Å². The number of carbonyl (C=O) groups is 1. The van der Waals surface area contributed by atoms with Crippen LogP contribution in [0.1, 0.15) is 97.3 Å². The Kier molecular flexibility index (Phi) is 13.5. The number of hydrogen-bond donors (Lipinski definition) is 1. The molecule has 0 aliphatic carbocycles. The van der Waals surface area contributed by atoms with Crippen molar-refractivity contribution in [1.82, 2.24) is 0 Å². The number of carboxylic acid groups (broad SMARTS) is 1. The van der Waals surface area contributed by atoms with Crippen molar-refractivity contribution in [3.63, 3.8) is 0 Å². The first-order chi connectivity index (χ1) is 9.16. The van der Waals surface area contributed by atoms with Gasteiger partial charge in [0.1, 0.15) is 0 Å². The molecule has 0 amide bonds. The minimum Gasteiger partial charge on any atom is -0.481 e. The Balaban J connectivity index is 3.14. The van der Waals surface area contributed by atoms with Crippen LogP contribution in [-0.2, 0) is 4.79 Å². The van der Waals surface area contributed by atoms with Crippen molar-refractivity contribution in [1.29, 1.82) is 0 Å². The Morgan fingerprint density at radius 2 is 1.32 bits per heavy atom. The summed E-state index contributed by atoms with van der Waals surface area (Å²) in [7, 11) is 0. The molecular weight excluding hydrogens is 236 g/mol. The van der Waals surface area contributed by atoms with Crippen LogP contribution in [0.2, 0.25) is 0 Å². The molecule has 0 aromatic heterocycles. The normalized spacial score (nSPS) is 12.5. The van der Waals surface area contributed by atoms with E-state index < -0.39 is 5.97 Å². The molecule has 1 atom stereocenters. The molecule has 114 valence electrons. The zero-order valence-electron chi connectivity index (χ0n) is 13.1. The number of unbranched alkanes of at least 4 members (excludes halogenated alkanes) is 8. The molecule has 0 saturated heterocycles. The molecule has 0 aliphatic rings. The third-order valence-electron chi connectivity index (χ3n) is 3.89. The highest BCUT2D eigenvalue weighted by Gasteiger charge is 2.04. The summed E-state index contributed by atoms with van der Waals surface area (Å²) in [4.78, 5) is 10.4. The molecule has 0 spiro atoms. The van der Waals surface area contributed by atoms with Gasteiger partial charge in [0.05, 0.1) is 0 Å². The molecular formula is C17H34O2. The number of carboxylic acids is 1. The summed E-state index contributed by atoms with van der Waals surface area (Å²) in [6.45, 7) is 4.52. The van der Waals surface area contributed by atoms with E-state index in [0.717, 1.165) is 12.8 Å². The van der Waals surface area contributed by atoms with Gasteiger partial charge in [-0.2, -0.15) is 0 Å². The minimum absolute atomic E-state index is 0.335. The summed E-state index contributed by atoms with van der Waals surface area (Å²) in [6, 6.07) is 0. The molecule has 0 saturated carbocycles. The summed E-state index contributed by atoms with van der Waals surface area (Å²) in [6.07, 6.45) is 16.0. The summed E-state index contributed by atoms with van der Waals surface area (Å²) >= 11 is 0. The number of rotatable bonds is 14. The first kappa shape index (κ1) is 18.5. The average molecular weight is 270 g/mol. The van der Waals surface area contributed by atoms with E-state index in [-0.39, 0.29) is 0 Å². The fourth-order valence-electron chi connectivity index (χ4n) is 2.55. The Labute approximate surface area is 120 Å². The van der Waals surface area contributed by atoms with E-state index in [2.05, 4.69) is 13.8 Å². The summed E-state index contributed by atoms with van der Waals surface area (Å²) in [5, 5.41) is 8.58. The smallest absolute Gasteiger partial charge is 0.303 e. The second kappa shape index (κ2) is 13.9. The summed E-state index contributed by atoms with van der Waals surface area (Å²) < 4.78 is 0. The van der Waals surface area contributed by atoms with E-state index in [1.807, 2.05) is 0 Å². The van der Waals surface area contributed by atoms with Gasteiger partial charge in [0.25, 0.3) is 0 Å². The Bertz CT molecular complexity index is 201. The molecule has 0 rings (SSSR count). The van der Waals surface area contributed by atoms with Crippen LogP contribution < -0.4 is 0 Å². The van der Waals surface area contributed by atoms with Gasteiger partial charge >= 0.3 is 5.97 Å². The molecule has 19 heavy (non-hydrogen) atoms. The lowest BCUT2D eigenvalue weighted by Gasteiger charge is -2.10. The van der Waals surface area contributed by atoms with Crippen LogP contribution in [0.15, 0.2) is 0 Å². The van der Waals surface area contributed by atoms with E-state index in [9.17, 15) is 4.79 Å². The zero-order chi connectivity index (χ0) is 14.3. The first-order valence-electron chi connectivity index (χ1n) is 8.38. The van der Waals surface area contributed by atoms with Gasteiger partial charge in [-0.15, -0.1) is 0 Å². The summed E-state index contributed by atoms with van der Waals surface area (Å²) in [5.74, 6) is 0.0409. The number of hydrogen-bond acceptors (Lipinski definition) is 1. The van der Waals surface area contributed by atoms with Gasteiger partial charge in [0.15, 0.2) is 0 Å². The van der Waals surface area contributed by atoms with Crippen molar-refractivity contribution in [3.8, 4) is 0 Å². The number of aliphatic carboxylic acids is 1. The van der Waals surface area contributed by atoms with E-state index in [1.54, 1.807) is 0 Å². The van der Waals surface area contributed by atoms with Crippen LogP contribution in [0.4, 0.5) is 0 Å². The van der Waals surface area contributed by atoms with Crippen molar-refractivity contribution in [2.24, 2.45) is 5.92 Å². The van der Waals surface area contributed by atoms with Crippen molar-refractivity contribution >= 4 is 5.97 Å². The maximum absolute atomic E-state index is 10.4. The van der Waals surface area contributed by atoms with E-state index in [0.29, 0.717) is 12.3 Å². The van der Waals surface area contributed by atoms with Crippen LogP contribution in [0.5, 0.6) is 0 Å². The molecule has 2 heteroatoms. The summed E-state index contributed by atoms with van der Waals surface area (Å²) in [5.41, 5.74) is 0. The maximum Gasteiger partial charge on any atom is 0.303 e. The van der Waals surface area contributed by atoms with Gasteiger partial charge < -0.3 is 5.11 Å². The lowest BCUT2D eigenvalue weighted by Crippen LogP contribution is -1.99. The predicted octanol–water partition coefficient (Wildman–Crippen LogP) is 5.80. The Morgan fingerprint density at radius 3 is 1.84 bits per heavy atom. The standard InChI is InChI=1S/C17H34O2/c1-3-4-5-6-7-8-9-10-11-13-16(2)14-12-15-17(18)19/h16H,3-15H2,1-2H3,(H,18,19). The van der Waals surface area contributed by atoms with Crippen LogP contribution in [0.3, 0.4) is 0 Å². The fourth-order valence-corrected chi connectivity index (χ4v) is 2.55. The molecule has 1 unspecified atom stereocenters. The highest BCUT2D eigenvalue weighted by atomic mass is 16.4. The van der Waals surface area contributed by atoms with Gasteiger partial charge in [0, 0.05) is 6.42 Å². The second-order valence-corrected chi connectivity index (χ2v) is 6.01. The zero-order valence-corrected chi connectivity index (χ0v) is 13.1. The van der Waals surface area contributed by atoms with Gasteiger partial charge in [-0.1, -0.05) is 84.5 Å². The topological polar surface area (TPSA) is 37.3 Å². The van der Waals surface area contributed by atoms with E-state index in [1.165, 1.54) is 64.2 Å². The van der Waals surface area contributed by atoms with E-state index in [4.69, 9.17) is 5.11 Å². The average Bonchev–Trinajstić information content (AvgIpc) is 2.36. The fraction of sp³-hybridized carbons (Fsp3) is 0.941. The highest BCUT2D eigenvalue weighted by Crippen LogP contribution is 2.17. The van der Waals surface area contributed by atoms with Crippen molar-refractivity contribution in [3.05, 3.63) is 0 Å². The third-order valence-corrected chi connectivity index (χ3v) is 3.89. The lowest BCUT2D eigenvalue weighted by atomic mass is 9.96. The van der Waals surface area contributed by atoms with Gasteiger partial charge in [-0.05, 0) is 12.3 Å². The Morgan fingerprint density at radius 1 is 0.842 bits per heavy atom. The molecule has 2 nitrogen and oxygen atoms in total. The molecule has 0 heterocycles. The SMILES string of the molecule is CCCCCCCCCCCC(C)CCCC(=O)O. The monoisotopic (exact) mass is 270 g/mol. The molecule has 0 aliphatic heterocycles. The van der Waals surface area contributed by atoms with Crippen LogP contribution in [-0.4, -0.2) is 11.1 Å². The van der Waals surface area contributed by atoms with Gasteiger partial charge in [-0.25, -0.2) is 0 Å². The van der Waals surface area contributed by atoms with E-state index >= 15 is 0 Å². The Hall–Kier alpha value is -0.530. The minimum atomic E-state index is -0.657. The molecule has 0 radical (unpaired) electrons. The quantitative estimate of drug-likeness (QED) is 0.405. The van der Waals surface area contributed by atoms with Crippen LogP contribution >= 0.6 is 0 Å². The molecule has 0 bridgehead atoms. The maximum atomic E-state index is 10.4. The van der Waals surface area contributed by atoms with Crippen LogP contribution in [0, 0.1) is 5.92 Å². The first-order valence-corrected chi connectivity index (χ1v) is 8.38. The third kappa shape index (κ3) is 15.4. The highest BCUT2D eigenvalue weighted by molar-refractivity contribution is 5.66. The molecule has 0 fully saturated rings. The second-order valence-electron chi connectivity index (χ2n) is 6.01. The molecule has 0 aromatic carbocycles. The molecule has 1 N–H and O–H groups in total. The van der Waals surface area contributed by atoms with Crippen molar-refractivity contribution < 1.29 is 9.90 Å². The van der Waals surface area contributed by atoms with Crippen molar-refractivity contribution in [2.45, 2.75) is 97.3 Å². The lowest BCUT2D eigenvalue weighted by molar-refractivity contribution is -0.137. The molecule has 0 aromatic rings. The largest absolute Gasteiger partial charge is 0.481 e. The predicted molar refractivity (Wildman–Crippen MR) is 82.5 cm³/mol. The van der Waals surface area contributed by atoms with Gasteiger partial charge in [-0.3, -0.25) is 4.79 Å².